The molecule has 0 unspecified atom stereocenters. The van der Waals surface area contributed by atoms with E-state index in [1.807, 2.05) is 30.3 Å². The van der Waals surface area contributed by atoms with E-state index in [-0.39, 0.29) is 11.8 Å². The lowest BCUT2D eigenvalue weighted by Gasteiger charge is -2.28. The van der Waals surface area contributed by atoms with Crippen LogP contribution < -0.4 is 10.6 Å². The molecule has 1 fully saturated rings. The fourth-order valence-corrected chi connectivity index (χ4v) is 5.44. The summed E-state index contributed by atoms with van der Waals surface area (Å²) in [5.74, 6) is 0.574. The Morgan fingerprint density at radius 3 is 2.74 bits per heavy atom. The van der Waals surface area contributed by atoms with Crippen LogP contribution in [0.2, 0.25) is 0 Å². The van der Waals surface area contributed by atoms with Gasteiger partial charge in [-0.2, -0.15) is 0 Å². The molecule has 0 saturated carbocycles. The maximum absolute atomic E-state index is 13.3. The second-order valence-electron chi connectivity index (χ2n) is 8.08. The van der Waals surface area contributed by atoms with Crippen LogP contribution in [0.3, 0.4) is 0 Å². The predicted molar refractivity (Wildman–Crippen MR) is 122 cm³/mol. The van der Waals surface area contributed by atoms with E-state index >= 15 is 0 Å². The normalized spacial score (nSPS) is 19.5. The largest absolute Gasteiger partial charge is 0.384 e. The van der Waals surface area contributed by atoms with Gasteiger partial charge in [0.1, 0.15) is 12.1 Å². The van der Waals surface area contributed by atoms with Crippen molar-refractivity contribution in [2.45, 2.75) is 44.0 Å². The van der Waals surface area contributed by atoms with Gasteiger partial charge in [-0.25, -0.2) is 22.4 Å². The number of methoxy groups -OCH3 is 1. The van der Waals surface area contributed by atoms with Gasteiger partial charge in [0.05, 0.1) is 17.7 Å². The topological polar surface area (TPSA) is 98.1 Å². The number of hydrogen-bond donors (Lipinski definition) is 2. The summed E-state index contributed by atoms with van der Waals surface area (Å²) in [5, 5.41) is 7.74. The Balaban J connectivity index is 1.73. The van der Waals surface area contributed by atoms with Gasteiger partial charge in [-0.1, -0.05) is 30.3 Å². The minimum Gasteiger partial charge on any atom is -0.384 e. The summed E-state index contributed by atoms with van der Waals surface area (Å²) in [4.78, 5) is 8.83. The van der Waals surface area contributed by atoms with Crippen LogP contribution in [-0.4, -0.2) is 54.7 Å². The van der Waals surface area contributed by atoms with E-state index in [4.69, 9.17) is 4.74 Å². The van der Waals surface area contributed by atoms with Crippen molar-refractivity contribution in [3.63, 3.8) is 0 Å². The summed E-state index contributed by atoms with van der Waals surface area (Å²) < 4.78 is 33.1. The number of aromatic nitrogens is 3. The highest BCUT2D eigenvalue weighted by atomic mass is 32.2. The number of fused-ring (bicyclic) bond motifs is 1. The van der Waals surface area contributed by atoms with E-state index in [0.29, 0.717) is 30.5 Å². The Bertz CT molecular complexity index is 1120. The fraction of sp³-hybridized carbons (Fsp3) is 0.455. The number of benzene rings is 1. The molecule has 2 aromatic heterocycles. The second-order valence-corrected chi connectivity index (χ2v) is 9.93. The molecule has 1 aromatic carbocycles. The van der Waals surface area contributed by atoms with Crippen molar-refractivity contribution in [1.82, 2.24) is 19.3 Å². The molecule has 0 aliphatic carbocycles. The maximum Gasteiger partial charge on any atom is 0.244 e. The minimum absolute atomic E-state index is 0.0987. The predicted octanol–water partition coefficient (Wildman–Crippen LogP) is 2.55. The summed E-state index contributed by atoms with van der Waals surface area (Å²) in [6.07, 6.45) is 5.78. The van der Waals surface area contributed by atoms with Crippen LogP contribution >= 0.6 is 0 Å². The van der Waals surface area contributed by atoms with Crippen LogP contribution in [0.25, 0.3) is 11.0 Å². The molecule has 31 heavy (non-hydrogen) atoms. The molecule has 3 aromatic rings. The van der Waals surface area contributed by atoms with E-state index in [1.165, 1.54) is 10.3 Å². The van der Waals surface area contributed by atoms with Gasteiger partial charge in [-0.3, -0.25) is 0 Å². The Hall–Kier alpha value is -2.49. The van der Waals surface area contributed by atoms with Gasteiger partial charge < -0.3 is 15.4 Å². The third kappa shape index (κ3) is 4.89. The van der Waals surface area contributed by atoms with Gasteiger partial charge in [0, 0.05) is 31.9 Å². The van der Waals surface area contributed by atoms with Gasteiger partial charge in [-0.15, -0.1) is 0 Å². The zero-order valence-corrected chi connectivity index (χ0v) is 18.7. The first-order valence-electron chi connectivity index (χ1n) is 10.6. The van der Waals surface area contributed by atoms with Gasteiger partial charge in [0.2, 0.25) is 10.0 Å². The molecule has 1 aliphatic rings. The smallest absolute Gasteiger partial charge is 0.244 e. The molecule has 1 saturated heterocycles. The van der Waals surface area contributed by atoms with Crippen molar-refractivity contribution < 1.29 is 13.2 Å². The Kier molecular flexibility index (Phi) is 6.54. The summed E-state index contributed by atoms with van der Waals surface area (Å²) in [5.41, 5.74) is 1.99. The van der Waals surface area contributed by atoms with Crippen LogP contribution in [-0.2, 0) is 26.9 Å². The highest BCUT2D eigenvalue weighted by Crippen LogP contribution is 2.29. The van der Waals surface area contributed by atoms with Crippen LogP contribution in [0, 0.1) is 0 Å². The summed E-state index contributed by atoms with van der Waals surface area (Å²) in [6, 6.07) is 9.91. The van der Waals surface area contributed by atoms with E-state index in [9.17, 15) is 8.42 Å². The third-order valence-corrected chi connectivity index (χ3v) is 7.27. The van der Waals surface area contributed by atoms with E-state index in [1.54, 1.807) is 13.3 Å². The molecule has 0 bridgehead atoms. The molecule has 8 nitrogen and oxygen atoms in total. The van der Waals surface area contributed by atoms with Gasteiger partial charge in [0.25, 0.3) is 0 Å². The van der Waals surface area contributed by atoms with Crippen molar-refractivity contribution in [2.24, 2.45) is 0 Å². The van der Waals surface area contributed by atoms with Crippen molar-refractivity contribution in [3.05, 3.63) is 54.0 Å². The molecule has 0 spiro atoms. The molecule has 166 valence electrons. The summed E-state index contributed by atoms with van der Waals surface area (Å²) in [7, 11) is -2.02. The van der Waals surface area contributed by atoms with E-state index in [0.717, 1.165) is 35.9 Å². The van der Waals surface area contributed by atoms with Crippen molar-refractivity contribution in [1.29, 1.82) is 0 Å². The van der Waals surface area contributed by atoms with E-state index < -0.39 is 10.0 Å². The van der Waals surface area contributed by atoms with Gasteiger partial charge >= 0.3 is 0 Å². The molecule has 2 N–H and O–H groups in total. The van der Waals surface area contributed by atoms with Crippen LogP contribution in [0.5, 0.6) is 0 Å². The molecule has 1 aliphatic heterocycles. The lowest BCUT2D eigenvalue weighted by atomic mass is 10.0. The number of ether oxygens (including phenoxy) is 1. The van der Waals surface area contributed by atoms with Gasteiger partial charge in [0.15, 0.2) is 5.65 Å². The standard InChI is InChI=1S/C22H29N5O3S/c1-16-8-9-19(12-23-16)26-21-20-18(10-11-30-2)13-27(22(20)25-15-24-21)31(28,29)14-17-6-4-3-5-7-17/h3-7,13,15-16,19,23H,8-12,14H2,1-2H3,(H,24,25,26)/t16-,19+/m0/s1. The van der Waals surface area contributed by atoms with Crippen molar-refractivity contribution in [2.75, 3.05) is 25.6 Å². The minimum atomic E-state index is -3.66. The Labute approximate surface area is 183 Å². The first-order valence-corrected chi connectivity index (χ1v) is 12.2. The van der Waals surface area contributed by atoms with Crippen molar-refractivity contribution >= 4 is 26.9 Å². The maximum atomic E-state index is 13.3. The second kappa shape index (κ2) is 9.33. The molecule has 0 radical (unpaired) electrons. The molecule has 9 heteroatoms. The first-order chi connectivity index (χ1) is 15.0. The van der Waals surface area contributed by atoms with Crippen molar-refractivity contribution in [3.8, 4) is 0 Å². The number of anilines is 1. The average molecular weight is 444 g/mol. The highest BCUT2D eigenvalue weighted by Gasteiger charge is 2.25. The monoisotopic (exact) mass is 443 g/mol. The zero-order valence-electron chi connectivity index (χ0n) is 17.9. The number of rotatable bonds is 8. The number of nitrogens with zero attached hydrogens (tertiary/aromatic N) is 3. The summed E-state index contributed by atoms with van der Waals surface area (Å²) in [6.45, 7) is 3.50. The van der Waals surface area contributed by atoms with Crippen LogP contribution in [0.15, 0.2) is 42.9 Å². The summed E-state index contributed by atoms with van der Waals surface area (Å²) >= 11 is 0. The lowest BCUT2D eigenvalue weighted by molar-refractivity contribution is 0.202. The van der Waals surface area contributed by atoms with Crippen LogP contribution in [0.1, 0.15) is 30.9 Å². The van der Waals surface area contributed by atoms with Crippen LogP contribution in [0.4, 0.5) is 5.82 Å². The quantitative estimate of drug-likeness (QED) is 0.552. The van der Waals surface area contributed by atoms with E-state index in [2.05, 4.69) is 27.5 Å². The molecule has 3 heterocycles. The highest BCUT2D eigenvalue weighted by molar-refractivity contribution is 7.89. The zero-order chi connectivity index (χ0) is 21.8. The lowest BCUT2D eigenvalue weighted by Crippen LogP contribution is -2.43. The molecule has 0 amide bonds. The molecule has 2 atom stereocenters. The molecular weight excluding hydrogens is 414 g/mol. The number of piperidine rings is 1. The Morgan fingerprint density at radius 2 is 2.03 bits per heavy atom. The molecular formula is C22H29N5O3S. The Morgan fingerprint density at radius 1 is 1.23 bits per heavy atom. The first kappa shape index (κ1) is 21.7. The molecule has 4 rings (SSSR count). The number of hydrogen-bond acceptors (Lipinski definition) is 7. The number of nitrogens with one attached hydrogen (secondary N) is 2. The fourth-order valence-electron chi connectivity index (χ4n) is 4.00. The SMILES string of the molecule is COCCc1cn(S(=O)(=O)Cc2ccccc2)c2ncnc(N[C@@H]3CC[C@H](C)NC3)c12. The average Bonchev–Trinajstić information content (AvgIpc) is 3.15. The third-order valence-electron chi connectivity index (χ3n) is 5.70. The van der Waals surface area contributed by atoms with Gasteiger partial charge in [-0.05, 0) is 37.3 Å².